The highest BCUT2D eigenvalue weighted by Gasteiger charge is 2.36. The zero-order chi connectivity index (χ0) is 15.3. The Balaban J connectivity index is 2.64. The van der Waals surface area contributed by atoms with Gasteiger partial charge in [0.2, 0.25) is 0 Å². The topological polar surface area (TPSA) is 95.9 Å². The van der Waals surface area contributed by atoms with Gasteiger partial charge in [-0.2, -0.15) is 0 Å². The van der Waals surface area contributed by atoms with Gasteiger partial charge in [-0.3, -0.25) is 4.79 Å². The van der Waals surface area contributed by atoms with Crippen molar-refractivity contribution in [2.75, 3.05) is 13.2 Å². The third-order valence-electron chi connectivity index (χ3n) is 3.06. The lowest BCUT2D eigenvalue weighted by molar-refractivity contribution is -0.143. The standard InChI is InChI=1S/C13H22N2O5/c1-4-20-10(16)7-15(9-5-6-9)13(19)14-11(8(2)3)12(17)18/h8-9,11H,4-7H2,1-3H3,(H,14,19)(H,17,18). The lowest BCUT2D eigenvalue weighted by atomic mass is 10.1. The van der Waals surface area contributed by atoms with Crippen molar-refractivity contribution in [1.82, 2.24) is 10.2 Å². The fourth-order valence-electron chi connectivity index (χ4n) is 1.83. The number of carbonyl (C=O) groups excluding carboxylic acids is 2. The molecule has 1 aliphatic rings. The summed E-state index contributed by atoms with van der Waals surface area (Å²) in [6, 6.07) is -1.49. The van der Waals surface area contributed by atoms with E-state index in [1.165, 1.54) is 4.90 Å². The van der Waals surface area contributed by atoms with Crippen LogP contribution < -0.4 is 5.32 Å². The number of hydrogen-bond acceptors (Lipinski definition) is 4. The van der Waals surface area contributed by atoms with Crippen molar-refractivity contribution < 1.29 is 24.2 Å². The molecule has 1 fully saturated rings. The van der Waals surface area contributed by atoms with Crippen LogP contribution in [-0.4, -0.2) is 53.2 Å². The average molecular weight is 286 g/mol. The molecule has 7 nitrogen and oxygen atoms in total. The molecule has 0 heterocycles. The van der Waals surface area contributed by atoms with Crippen LogP contribution in [0.3, 0.4) is 0 Å². The van der Waals surface area contributed by atoms with Crippen LogP contribution >= 0.6 is 0 Å². The number of carboxylic acid groups (broad SMARTS) is 1. The Bertz CT molecular complexity index is 379. The fourth-order valence-corrected chi connectivity index (χ4v) is 1.83. The minimum atomic E-state index is -1.08. The van der Waals surface area contributed by atoms with Gasteiger partial charge in [0.25, 0.3) is 0 Å². The Hall–Kier alpha value is -1.79. The lowest BCUT2D eigenvalue weighted by Gasteiger charge is -2.25. The molecule has 7 heteroatoms. The number of ether oxygens (including phenoxy) is 1. The van der Waals surface area contributed by atoms with Gasteiger partial charge in [0.05, 0.1) is 6.61 Å². The number of urea groups is 1. The molecule has 0 saturated heterocycles. The molecule has 0 aromatic rings. The second-order valence-electron chi connectivity index (χ2n) is 5.17. The van der Waals surface area contributed by atoms with Gasteiger partial charge in [0.15, 0.2) is 0 Å². The zero-order valence-corrected chi connectivity index (χ0v) is 12.1. The van der Waals surface area contributed by atoms with Crippen LogP contribution in [0.25, 0.3) is 0 Å². The van der Waals surface area contributed by atoms with Gasteiger partial charge in [0.1, 0.15) is 12.6 Å². The van der Waals surface area contributed by atoms with Gasteiger partial charge in [-0.15, -0.1) is 0 Å². The van der Waals surface area contributed by atoms with Gasteiger partial charge < -0.3 is 20.1 Å². The number of carbonyl (C=O) groups is 3. The zero-order valence-electron chi connectivity index (χ0n) is 12.1. The molecule has 114 valence electrons. The number of aliphatic carboxylic acids is 1. The number of amides is 2. The number of esters is 1. The first kappa shape index (κ1) is 16.3. The van der Waals surface area contributed by atoms with Crippen LogP contribution in [0.5, 0.6) is 0 Å². The van der Waals surface area contributed by atoms with Gasteiger partial charge in [0, 0.05) is 6.04 Å². The molecule has 0 aromatic carbocycles. The van der Waals surface area contributed by atoms with Crippen molar-refractivity contribution in [3.63, 3.8) is 0 Å². The maximum atomic E-state index is 12.1. The first-order valence-corrected chi connectivity index (χ1v) is 6.82. The van der Waals surface area contributed by atoms with Crippen molar-refractivity contribution >= 4 is 18.0 Å². The SMILES string of the molecule is CCOC(=O)CN(C(=O)NC(C(=O)O)C(C)C)C1CC1. The van der Waals surface area contributed by atoms with Crippen LogP contribution in [0.15, 0.2) is 0 Å². The van der Waals surface area contributed by atoms with E-state index >= 15 is 0 Å². The highest BCUT2D eigenvalue weighted by Crippen LogP contribution is 2.26. The largest absolute Gasteiger partial charge is 0.480 e. The summed E-state index contributed by atoms with van der Waals surface area (Å²) in [7, 11) is 0. The highest BCUT2D eigenvalue weighted by molar-refractivity contribution is 5.85. The van der Waals surface area contributed by atoms with Crippen LogP contribution in [0.4, 0.5) is 4.79 Å². The third-order valence-corrected chi connectivity index (χ3v) is 3.06. The Labute approximate surface area is 118 Å². The van der Waals surface area contributed by atoms with E-state index < -0.39 is 24.0 Å². The molecule has 2 amide bonds. The first-order valence-electron chi connectivity index (χ1n) is 6.82. The number of hydrogen-bond donors (Lipinski definition) is 2. The van der Waals surface area contributed by atoms with Crippen molar-refractivity contribution in [2.45, 2.75) is 45.7 Å². The highest BCUT2D eigenvalue weighted by atomic mass is 16.5. The molecule has 2 N–H and O–H groups in total. The van der Waals surface area contributed by atoms with Crippen molar-refractivity contribution in [2.24, 2.45) is 5.92 Å². The monoisotopic (exact) mass is 286 g/mol. The lowest BCUT2D eigenvalue weighted by Crippen LogP contribution is -2.52. The molecule has 0 radical (unpaired) electrons. The molecule has 0 aromatic heterocycles. The minimum absolute atomic E-state index is 0.000938. The van der Waals surface area contributed by atoms with E-state index in [0.717, 1.165) is 12.8 Å². The summed E-state index contributed by atoms with van der Waals surface area (Å²) in [5, 5.41) is 11.5. The molecule has 20 heavy (non-hydrogen) atoms. The molecule has 1 saturated carbocycles. The molecular weight excluding hydrogens is 264 g/mol. The van der Waals surface area contributed by atoms with Crippen LogP contribution in [-0.2, 0) is 14.3 Å². The number of carboxylic acids is 1. The number of nitrogens with zero attached hydrogens (tertiary/aromatic N) is 1. The van der Waals surface area contributed by atoms with E-state index in [9.17, 15) is 14.4 Å². The van der Waals surface area contributed by atoms with E-state index in [-0.39, 0.29) is 25.1 Å². The summed E-state index contributed by atoms with van der Waals surface area (Å²) in [6.45, 7) is 5.23. The summed E-state index contributed by atoms with van der Waals surface area (Å²) in [6.07, 6.45) is 1.65. The van der Waals surface area contributed by atoms with E-state index in [1.54, 1.807) is 20.8 Å². The fraction of sp³-hybridized carbons (Fsp3) is 0.769. The minimum Gasteiger partial charge on any atom is -0.480 e. The summed E-state index contributed by atoms with van der Waals surface area (Å²) in [5.41, 5.74) is 0. The Kier molecular flexibility index (Phi) is 5.79. The summed E-state index contributed by atoms with van der Waals surface area (Å²) < 4.78 is 4.82. The quantitative estimate of drug-likeness (QED) is 0.676. The summed E-state index contributed by atoms with van der Waals surface area (Å²) >= 11 is 0. The molecule has 0 spiro atoms. The Morgan fingerprint density at radius 2 is 1.95 bits per heavy atom. The third kappa shape index (κ3) is 4.71. The molecule has 0 aliphatic heterocycles. The van der Waals surface area contributed by atoms with Crippen molar-refractivity contribution in [1.29, 1.82) is 0 Å². The molecule has 0 bridgehead atoms. The van der Waals surface area contributed by atoms with Gasteiger partial charge in [-0.25, -0.2) is 9.59 Å². The molecule has 1 aliphatic carbocycles. The Morgan fingerprint density at radius 1 is 1.35 bits per heavy atom. The van der Waals surface area contributed by atoms with Crippen LogP contribution in [0.1, 0.15) is 33.6 Å². The van der Waals surface area contributed by atoms with Crippen molar-refractivity contribution in [3.05, 3.63) is 0 Å². The second-order valence-corrected chi connectivity index (χ2v) is 5.17. The number of rotatable bonds is 7. The average Bonchev–Trinajstić information content (AvgIpc) is 3.16. The Morgan fingerprint density at radius 3 is 2.35 bits per heavy atom. The van der Waals surface area contributed by atoms with E-state index in [2.05, 4.69) is 5.32 Å². The van der Waals surface area contributed by atoms with E-state index in [4.69, 9.17) is 9.84 Å². The maximum absolute atomic E-state index is 12.1. The van der Waals surface area contributed by atoms with Gasteiger partial charge >= 0.3 is 18.0 Å². The smallest absolute Gasteiger partial charge is 0.326 e. The molecule has 1 rings (SSSR count). The summed E-state index contributed by atoms with van der Waals surface area (Å²) in [5.74, 6) is -1.80. The van der Waals surface area contributed by atoms with Crippen molar-refractivity contribution in [3.8, 4) is 0 Å². The van der Waals surface area contributed by atoms with Crippen LogP contribution in [0, 0.1) is 5.92 Å². The molecule has 1 atom stereocenters. The van der Waals surface area contributed by atoms with E-state index in [1.807, 2.05) is 0 Å². The maximum Gasteiger partial charge on any atom is 0.326 e. The molecular formula is C13H22N2O5. The number of nitrogens with one attached hydrogen (secondary N) is 1. The summed E-state index contributed by atoms with van der Waals surface area (Å²) in [4.78, 5) is 36.1. The second kappa shape index (κ2) is 7.12. The van der Waals surface area contributed by atoms with Crippen LogP contribution in [0.2, 0.25) is 0 Å². The normalized spacial score (nSPS) is 15.6. The predicted octanol–water partition coefficient (Wildman–Crippen LogP) is 0.833. The molecule has 1 unspecified atom stereocenters. The predicted molar refractivity (Wildman–Crippen MR) is 71.2 cm³/mol. The van der Waals surface area contributed by atoms with E-state index in [0.29, 0.717) is 0 Å². The van der Waals surface area contributed by atoms with Gasteiger partial charge in [-0.05, 0) is 25.7 Å². The van der Waals surface area contributed by atoms with Gasteiger partial charge in [-0.1, -0.05) is 13.8 Å². The first-order chi connectivity index (χ1) is 9.36.